The van der Waals surface area contributed by atoms with Gasteiger partial charge in [-0.25, -0.2) is 0 Å². The maximum absolute atomic E-state index is 1.51. The number of hydrogen-bond donors (Lipinski definition) is 0. The first-order valence-electron chi connectivity index (χ1n) is 4.91. The monoisotopic (exact) mass is 174 g/mol. The average molecular weight is 174 g/mol. The second-order valence-corrected chi connectivity index (χ2v) is 5.12. The fourth-order valence-electron chi connectivity index (χ4n) is 1.21. The zero-order valence-corrected chi connectivity index (χ0v) is 11.7. The predicted molar refractivity (Wildman–Crippen MR) is 57.2 cm³/mol. The van der Waals surface area contributed by atoms with Crippen molar-refractivity contribution in [2.24, 2.45) is 0 Å². The second kappa shape index (κ2) is 9.43. The molecule has 0 amide bonds. The predicted octanol–water partition coefficient (Wildman–Crippen LogP) is 0.894. The van der Waals surface area contributed by atoms with Crippen molar-refractivity contribution in [1.82, 2.24) is 0 Å². The van der Waals surface area contributed by atoms with Gasteiger partial charge in [-0.05, 0) is 0 Å². The van der Waals surface area contributed by atoms with Gasteiger partial charge in [0.15, 0.2) is 0 Å². The third kappa shape index (κ3) is 8.43. The van der Waals surface area contributed by atoms with Crippen LogP contribution in [0.1, 0.15) is 38.5 Å². The molecule has 0 aromatic rings. The molecule has 0 nitrogen and oxygen atoms in total. The summed E-state index contributed by atoms with van der Waals surface area (Å²) in [5.74, 6) is 0. The summed E-state index contributed by atoms with van der Waals surface area (Å²) in [6.45, 7) is 0. The first-order valence-corrected chi connectivity index (χ1v) is 7.74. The Labute approximate surface area is 71.6 Å². The van der Waals surface area contributed by atoms with Gasteiger partial charge in [0, 0.05) is 20.5 Å². The minimum atomic E-state index is 1.41. The van der Waals surface area contributed by atoms with Gasteiger partial charge in [-0.15, -0.1) is 0 Å². The SMILES string of the molecule is [SiH3]CCCCCCCC[SiH3]. The van der Waals surface area contributed by atoms with Crippen molar-refractivity contribution in [3.05, 3.63) is 0 Å². The van der Waals surface area contributed by atoms with Gasteiger partial charge in [-0.3, -0.25) is 0 Å². The summed E-state index contributed by atoms with van der Waals surface area (Å²) in [5.41, 5.74) is 0. The van der Waals surface area contributed by atoms with Crippen molar-refractivity contribution in [2.75, 3.05) is 0 Å². The minimum absolute atomic E-state index is 1.41. The van der Waals surface area contributed by atoms with Crippen molar-refractivity contribution in [2.45, 2.75) is 50.6 Å². The van der Waals surface area contributed by atoms with Gasteiger partial charge in [0.05, 0.1) is 0 Å². The Kier molecular flexibility index (Phi) is 9.84. The summed E-state index contributed by atoms with van der Waals surface area (Å²) in [4.78, 5) is 0. The number of unbranched alkanes of at least 4 members (excludes halogenated alkanes) is 5. The Hall–Kier alpha value is 0.434. The van der Waals surface area contributed by atoms with Crippen molar-refractivity contribution >= 4 is 20.5 Å². The van der Waals surface area contributed by atoms with Gasteiger partial charge in [0.2, 0.25) is 0 Å². The number of hydrogen-bond acceptors (Lipinski definition) is 0. The zero-order chi connectivity index (χ0) is 7.66. The van der Waals surface area contributed by atoms with Crippen molar-refractivity contribution in [3.63, 3.8) is 0 Å². The molecule has 10 heavy (non-hydrogen) atoms. The molecule has 2 heteroatoms. The standard InChI is InChI=1S/C8H22Si2/c9-7-5-3-1-2-4-6-8-10/h1-8H2,9-10H3. The van der Waals surface area contributed by atoms with Crippen LogP contribution in [0.25, 0.3) is 0 Å². The highest BCUT2D eigenvalue weighted by Crippen LogP contribution is 2.06. The average Bonchev–Trinajstić information content (AvgIpc) is 1.97. The van der Waals surface area contributed by atoms with Crippen LogP contribution in [0.4, 0.5) is 0 Å². The Morgan fingerprint density at radius 3 is 1.10 bits per heavy atom. The summed E-state index contributed by atoms with van der Waals surface area (Å²) < 4.78 is 0. The molecule has 0 bridgehead atoms. The highest BCUT2D eigenvalue weighted by atomic mass is 28.1. The van der Waals surface area contributed by atoms with Gasteiger partial charge in [0.25, 0.3) is 0 Å². The molecule has 0 aliphatic carbocycles. The molecule has 0 unspecified atom stereocenters. The van der Waals surface area contributed by atoms with E-state index in [1.165, 1.54) is 71.1 Å². The van der Waals surface area contributed by atoms with Crippen LogP contribution in [-0.4, -0.2) is 20.5 Å². The van der Waals surface area contributed by atoms with E-state index in [9.17, 15) is 0 Å². The quantitative estimate of drug-likeness (QED) is 0.397. The lowest BCUT2D eigenvalue weighted by atomic mass is 10.1. The molecule has 0 heterocycles. The molecule has 0 aliphatic rings. The smallest absolute Gasteiger partial charge is 0.00279 e. The van der Waals surface area contributed by atoms with E-state index < -0.39 is 0 Å². The Morgan fingerprint density at radius 1 is 0.500 bits per heavy atom. The van der Waals surface area contributed by atoms with Gasteiger partial charge in [-0.1, -0.05) is 50.6 Å². The lowest BCUT2D eigenvalue weighted by molar-refractivity contribution is 0.624. The number of rotatable bonds is 7. The van der Waals surface area contributed by atoms with Crippen LogP contribution in [-0.2, 0) is 0 Å². The van der Waals surface area contributed by atoms with Gasteiger partial charge >= 0.3 is 0 Å². The van der Waals surface area contributed by atoms with E-state index >= 15 is 0 Å². The van der Waals surface area contributed by atoms with Gasteiger partial charge < -0.3 is 0 Å². The van der Waals surface area contributed by atoms with Crippen LogP contribution < -0.4 is 0 Å². The molecule has 0 aliphatic heterocycles. The van der Waals surface area contributed by atoms with Crippen molar-refractivity contribution in [1.29, 1.82) is 0 Å². The molecular weight excluding hydrogens is 152 g/mol. The molecule has 0 aromatic heterocycles. The van der Waals surface area contributed by atoms with E-state index in [4.69, 9.17) is 0 Å². The molecular formula is C8H22Si2. The zero-order valence-electron chi connectivity index (χ0n) is 7.66. The molecule has 0 atom stereocenters. The fraction of sp³-hybridized carbons (Fsp3) is 1.00. The van der Waals surface area contributed by atoms with E-state index in [0.29, 0.717) is 0 Å². The summed E-state index contributed by atoms with van der Waals surface area (Å²) in [7, 11) is 2.83. The van der Waals surface area contributed by atoms with E-state index in [-0.39, 0.29) is 0 Å². The van der Waals surface area contributed by atoms with Crippen molar-refractivity contribution < 1.29 is 0 Å². The third-order valence-electron chi connectivity index (χ3n) is 1.96. The van der Waals surface area contributed by atoms with Crippen LogP contribution in [0.3, 0.4) is 0 Å². The summed E-state index contributed by atoms with van der Waals surface area (Å²) in [6.07, 6.45) is 9.03. The third-order valence-corrected chi connectivity index (χ3v) is 3.37. The fourth-order valence-corrected chi connectivity index (χ4v) is 2.21. The van der Waals surface area contributed by atoms with Crippen LogP contribution in [0.15, 0.2) is 0 Å². The molecule has 0 spiro atoms. The highest BCUT2D eigenvalue weighted by Gasteiger charge is 1.87. The Bertz CT molecular complexity index is 47.2. The van der Waals surface area contributed by atoms with E-state index in [1.54, 1.807) is 0 Å². The lowest BCUT2D eigenvalue weighted by Crippen LogP contribution is -1.79. The molecule has 0 N–H and O–H groups in total. The summed E-state index contributed by atoms with van der Waals surface area (Å²) in [5, 5.41) is 0. The lowest BCUT2D eigenvalue weighted by Gasteiger charge is -1.97. The maximum atomic E-state index is 1.51. The normalized spacial score (nSPS) is 10.8. The van der Waals surface area contributed by atoms with Crippen molar-refractivity contribution in [3.8, 4) is 0 Å². The van der Waals surface area contributed by atoms with Crippen LogP contribution in [0, 0.1) is 0 Å². The Morgan fingerprint density at radius 2 is 0.800 bits per heavy atom. The minimum Gasteiger partial charge on any atom is -0.0658 e. The largest absolute Gasteiger partial charge is 0.0658 e. The first-order chi connectivity index (χ1) is 4.91. The van der Waals surface area contributed by atoms with Gasteiger partial charge in [-0.2, -0.15) is 0 Å². The highest BCUT2D eigenvalue weighted by molar-refractivity contribution is 6.08. The molecule has 0 aromatic carbocycles. The molecule has 0 fully saturated rings. The molecule has 0 saturated carbocycles. The molecule has 0 rings (SSSR count). The molecule has 0 radical (unpaired) electrons. The molecule has 0 saturated heterocycles. The van der Waals surface area contributed by atoms with Crippen LogP contribution in [0.2, 0.25) is 12.1 Å². The summed E-state index contributed by atoms with van der Waals surface area (Å²) >= 11 is 0. The maximum Gasteiger partial charge on any atom is 0.00279 e. The van der Waals surface area contributed by atoms with Crippen LogP contribution >= 0.6 is 0 Å². The second-order valence-electron chi connectivity index (χ2n) is 3.12. The van der Waals surface area contributed by atoms with Crippen LogP contribution in [0.5, 0.6) is 0 Å². The first kappa shape index (κ1) is 10.4. The van der Waals surface area contributed by atoms with E-state index in [0.717, 1.165) is 0 Å². The summed E-state index contributed by atoms with van der Waals surface area (Å²) in [6, 6.07) is 3.03. The molecule has 62 valence electrons. The topological polar surface area (TPSA) is 0 Å². The van der Waals surface area contributed by atoms with E-state index in [1.807, 2.05) is 0 Å². The van der Waals surface area contributed by atoms with E-state index in [2.05, 4.69) is 0 Å². The Balaban J connectivity index is 2.65. The van der Waals surface area contributed by atoms with Gasteiger partial charge in [0.1, 0.15) is 0 Å².